The van der Waals surface area contributed by atoms with Gasteiger partial charge in [-0.25, -0.2) is 9.52 Å². The molecule has 1 aliphatic heterocycles. The van der Waals surface area contributed by atoms with E-state index in [4.69, 9.17) is 0 Å². The molecule has 0 spiro atoms. The first kappa shape index (κ1) is 19.5. The Labute approximate surface area is 146 Å². The normalized spacial score (nSPS) is 23.4. The van der Waals surface area contributed by atoms with E-state index in [1.54, 1.807) is 0 Å². The van der Waals surface area contributed by atoms with Crippen molar-refractivity contribution in [2.24, 2.45) is 5.41 Å². The highest BCUT2D eigenvalue weighted by molar-refractivity contribution is 7.87. The zero-order chi connectivity index (χ0) is 17.6. The molecular weight excluding hydrogens is 326 g/mol. The highest BCUT2D eigenvalue weighted by Gasteiger charge is 2.36. The monoisotopic (exact) mass is 359 g/mol. The van der Waals surface area contributed by atoms with Crippen LogP contribution in [-0.2, 0) is 10.2 Å². The Morgan fingerprint density at radius 2 is 1.58 bits per heavy atom. The molecule has 0 atom stereocenters. The number of rotatable bonds is 5. The minimum Gasteiger partial charge on any atom is -0.335 e. The van der Waals surface area contributed by atoms with Gasteiger partial charge in [-0.15, -0.1) is 0 Å². The molecule has 0 aromatic rings. The number of hydrogen-bond donors (Lipinski definition) is 2. The highest BCUT2D eigenvalue weighted by Crippen LogP contribution is 2.38. The van der Waals surface area contributed by atoms with Gasteiger partial charge in [0.25, 0.3) is 0 Å². The van der Waals surface area contributed by atoms with Crippen LogP contribution in [0.2, 0.25) is 0 Å². The molecule has 2 aliphatic rings. The summed E-state index contributed by atoms with van der Waals surface area (Å²) in [5.74, 6) is 0. The van der Waals surface area contributed by atoms with Crippen LogP contribution < -0.4 is 10.0 Å². The van der Waals surface area contributed by atoms with E-state index in [0.29, 0.717) is 13.1 Å². The number of carbonyl (C=O) groups is 1. The van der Waals surface area contributed by atoms with Gasteiger partial charge in [0.05, 0.1) is 0 Å². The number of piperidine rings is 1. The predicted molar refractivity (Wildman–Crippen MR) is 95.9 cm³/mol. The Balaban J connectivity index is 1.85. The first-order valence-corrected chi connectivity index (χ1v) is 10.9. The van der Waals surface area contributed by atoms with Gasteiger partial charge in [-0.05, 0) is 31.1 Å². The Hall–Kier alpha value is -0.820. The Bertz CT molecular complexity index is 499. The van der Waals surface area contributed by atoms with Gasteiger partial charge in [-0.1, -0.05) is 52.4 Å². The van der Waals surface area contributed by atoms with Gasteiger partial charge in [0.2, 0.25) is 0 Å². The summed E-state index contributed by atoms with van der Waals surface area (Å²) >= 11 is 0. The van der Waals surface area contributed by atoms with Crippen LogP contribution in [0.4, 0.5) is 4.79 Å². The molecule has 2 fully saturated rings. The van der Waals surface area contributed by atoms with E-state index in [0.717, 1.165) is 51.4 Å². The summed E-state index contributed by atoms with van der Waals surface area (Å²) in [6.45, 7) is 5.33. The van der Waals surface area contributed by atoms with Gasteiger partial charge < -0.3 is 5.32 Å². The van der Waals surface area contributed by atoms with Crippen LogP contribution >= 0.6 is 0 Å². The van der Waals surface area contributed by atoms with Crippen molar-refractivity contribution in [1.82, 2.24) is 14.3 Å². The molecule has 0 aromatic heterocycles. The third kappa shape index (κ3) is 5.09. The second-order valence-electron chi connectivity index (χ2n) is 7.38. The molecule has 1 saturated heterocycles. The number of nitrogens with zero attached hydrogens (tertiary/aromatic N) is 1. The van der Waals surface area contributed by atoms with Gasteiger partial charge in [0, 0.05) is 19.1 Å². The van der Waals surface area contributed by atoms with Crippen molar-refractivity contribution in [2.75, 3.05) is 13.1 Å². The lowest BCUT2D eigenvalue weighted by molar-refractivity contribution is 0.141. The van der Waals surface area contributed by atoms with Crippen molar-refractivity contribution >= 4 is 16.2 Å². The lowest BCUT2D eigenvalue weighted by Crippen LogP contribution is -2.52. The minimum absolute atomic E-state index is 0.0943. The largest absolute Gasteiger partial charge is 0.335 e. The molecule has 1 heterocycles. The predicted octanol–water partition coefficient (Wildman–Crippen LogP) is 3.16. The number of carbonyl (C=O) groups excluding carboxylic acids is 1. The second kappa shape index (κ2) is 8.52. The third-order valence-electron chi connectivity index (χ3n) is 6.04. The van der Waals surface area contributed by atoms with E-state index < -0.39 is 16.2 Å². The topological polar surface area (TPSA) is 78.5 Å². The molecule has 2 N–H and O–H groups in total. The molecule has 7 heteroatoms. The van der Waals surface area contributed by atoms with E-state index in [2.05, 4.69) is 23.9 Å². The fourth-order valence-corrected chi connectivity index (χ4v) is 5.06. The molecular formula is C17H33N3O3S. The molecule has 2 rings (SSSR count). The number of urea groups is 1. The zero-order valence-corrected chi connectivity index (χ0v) is 16.0. The maximum atomic E-state index is 12.4. The van der Waals surface area contributed by atoms with Crippen LogP contribution in [0.15, 0.2) is 0 Å². The summed E-state index contributed by atoms with van der Waals surface area (Å²) in [6, 6.07) is -0.485. The summed E-state index contributed by atoms with van der Waals surface area (Å²) in [4.78, 5) is 12.1. The first-order chi connectivity index (χ1) is 11.4. The van der Waals surface area contributed by atoms with Crippen LogP contribution in [0.1, 0.15) is 78.1 Å². The van der Waals surface area contributed by atoms with Gasteiger partial charge in [0.1, 0.15) is 0 Å². The molecule has 140 valence electrons. The van der Waals surface area contributed by atoms with Gasteiger partial charge in [-0.2, -0.15) is 12.7 Å². The summed E-state index contributed by atoms with van der Waals surface area (Å²) in [5, 5.41) is 2.84. The number of nitrogens with one attached hydrogen (secondary N) is 2. The molecule has 0 unspecified atom stereocenters. The van der Waals surface area contributed by atoms with Crippen molar-refractivity contribution in [2.45, 2.75) is 84.1 Å². The molecule has 2 amide bonds. The molecule has 1 saturated carbocycles. The minimum atomic E-state index is -3.74. The van der Waals surface area contributed by atoms with Crippen LogP contribution in [0.25, 0.3) is 0 Å². The van der Waals surface area contributed by atoms with E-state index in [-0.39, 0.29) is 11.5 Å². The third-order valence-corrected chi connectivity index (χ3v) is 7.52. The van der Waals surface area contributed by atoms with E-state index in [9.17, 15) is 13.2 Å². The van der Waals surface area contributed by atoms with Crippen LogP contribution in [0.3, 0.4) is 0 Å². The van der Waals surface area contributed by atoms with Crippen LogP contribution in [-0.4, -0.2) is 37.9 Å². The smallest absolute Gasteiger partial charge is 0.329 e. The number of hydrogen-bond acceptors (Lipinski definition) is 3. The molecule has 24 heavy (non-hydrogen) atoms. The second-order valence-corrected chi connectivity index (χ2v) is 9.05. The fourth-order valence-electron chi connectivity index (χ4n) is 3.98. The van der Waals surface area contributed by atoms with E-state index >= 15 is 0 Å². The quantitative estimate of drug-likeness (QED) is 0.740. The highest BCUT2D eigenvalue weighted by atomic mass is 32.2. The maximum absolute atomic E-state index is 12.4. The Kier molecular flexibility index (Phi) is 6.92. The molecule has 6 nitrogen and oxygen atoms in total. The molecule has 0 aromatic carbocycles. The van der Waals surface area contributed by atoms with Crippen molar-refractivity contribution in [3.05, 3.63) is 0 Å². The van der Waals surface area contributed by atoms with Gasteiger partial charge in [-0.3, -0.25) is 0 Å². The number of amides is 2. The van der Waals surface area contributed by atoms with E-state index in [1.807, 2.05) is 0 Å². The summed E-state index contributed by atoms with van der Waals surface area (Å²) in [6.07, 6.45) is 10.3. The van der Waals surface area contributed by atoms with Crippen molar-refractivity contribution in [3.8, 4) is 0 Å². The molecule has 0 radical (unpaired) electrons. The lowest BCUT2D eigenvalue weighted by Gasteiger charge is -2.40. The maximum Gasteiger partial charge on any atom is 0.329 e. The van der Waals surface area contributed by atoms with Crippen molar-refractivity contribution < 1.29 is 13.2 Å². The summed E-state index contributed by atoms with van der Waals surface area (Å²) in [7, 11) is -3.74. The fraction of sp³-hybridized carbons (Fsp3) is 0.941. The van der Waals surface area contributed by atoms with Crippen LogP contribution in [0, 0.1) is 5.41 Å². The van der Waals surface area contributed by atoms with Gasteiger partial charge in [0.15, 0.2) is 0 Å². The first-order valence-electron chi connectivity index (χ1n) is 9.49. The molecule has 0 bridgehead atoms. The van der Waals surface area contributed by atoms with Crippen molar-refractivity contribution in [1.29, 1.82) is 0 Å². The lowest BCUT2D eigenvalue weighted by atomic mass is 9.75. The Morgan fingerprint density at radius 3 is 2.08 bits per heavy atom. The van der Waals surface area contributed by atoms with Gasteiger partial charge >= 0.3 is 16.2 Å². The standard InChI is InChI=1S/C17H33N3O3S/c1-3-17(4-2)11-13-20(14-12-17)24(22,23)19-16(21)18-15-9-7-5-6-8-10-15/h15H,3-14H2,1-2H3,(H2,18,19,21). The zero-order valence-electron chi connectivity index (χ0n) is 15.1. The SMILES string of the molecule is CCC1(CC)CCN(S(=O)(=O)NC(=O)NC2CCCCCC2)CC1. The average Bonchev–Trinajstić information content (AvgIpc) is 2.83. The van der Waals surface area contributed by atoms with Crippen LogP contribution in [0.5, 0.6) is 0 Å². The summed E-state index contributed by atoms with van der Waals surface area (Å²) < 4.78 is 28.5. The summed E-state index contributed by atoms with van der Waals surface area (Å²) in [5.41, 5.74) is 0.259. The van der Waals surface area contributed by atoms with Crippen molar-refractivity contribution in [3.63, 3.8) is 0 Å². The average molecular weight is 360 g/mol. The van der Waals surface area contributed by atoms with E-state index in [1.165, 1.54) is 17.1 Å². The Morgan fingerprint density at radius 1 is 1.04 bits per heavy atom. The molecule has 1 aliphatic carbocycles.